The van der Waals surface area contributed by atoms with Gasteiger partial charge in [-0.05, 0) is 12.3 Å². The molecule has 1 aromatic heterocycles. The second-order valence-electron chi connectivity index (χ2n) is 3.21. The summed E-state index contributed by atoms with van der Waals surface area (Å²) >= 11 is 0. The van der Waals surface area contributed by atoms with Crippen molar-refractivity contribution in [3.8, 4) is 6.01 Å². The van der Waals surface area contributed by atoms with Crippen LogP contribution in [0.2, 0.25) is 0 Å². The summed E-state index contributed by atoms with van der Waals surface area (Å²) in [6, 6.07) is 0.238. The lowest BCUT2D eigenvalue weighted by Crippen LogP contribution is -2.04. The van der Waals surface area contributed by atoms with Crippen molar-refractivity contribution in [3.05, 3.63) is 18.2 Å². The van der Waals surface area contributed by atoms with Gasteiger partial charge in [0.25, 0.3) is 0 Å². The van der Waals surface area contributed by atoms with Gasteiger partial charge in [-0.1, -0.05) is 13.8 Å². The molecule has 0 aliphatic heterocycles. The fourth-order valence-electron chi connectivity index (χ4n) is 0.761. The van der Waals surface area contributed by atoms with E-state index in [4.69, 9.17) is 4.74 Å². The molecule has 0 bridgehead atoms. The van der Waals surface area contributed by atoms with Crippen molar-refractivity contribution in [1.82, 2.24) is 9.97 Å². The maximum Gasteiger partial charge on any atom is 0.316 e. The predicted octanol–water partition coefficient (Wildman–Crippen LogP) is 2.04. The van der Waals surface area contributed by atoms with Gasteiger partial charge in [0, 0.05) is 0 Å². The SMILES string of the molecule is CC(C)CCOc1ncc(F)cn1. The zero-order valence-corrected chi connectivity index (χ0v) is 7.83. The molecule has 0 radical (unpaired) electrons. The molecule has 0 saturated carbocycles. The van der Waals surface area contributed by atoms with Crippen molar-refractivity contribution in [1.29, 1.82) is 0 Å². The number of hydrogen-bond acceptors (Lipinski definition) is 3. The monoisotopic (exact) mass is 184 g/mol. The van der Waals surface area contributed by atoms with E-state index in [1.165, 1.54) is 0 Å². The minimum absolute atomic E-state index is 0.238. The maximum absolute atomic E-state index is 12.4. The van der Waals surface area contributed by atoms with Crippen molar-refractivity contribution in [2.45, 2.75) is 20.3 Å². The van der Waals surface area contributed by atoms with Crippen molar-refractivity contribution >= 4 is 0 Å². The molecule has 1 aromatic rings. The van der Waals surface area contributed by atoms with Crippen LogP contribution in [-0.2, 0) is 0 Å². The van der Waals surface area contributed by atoms with Gasteiger partial charge in [0.1, 0.15) is 0 Å². The van der Waals surface area contributed by atoms with Crippen LogP contribution in [0.5, 0.6) is 6.01 Å². The Morgan fingerprint density at radius 2 is 2.00 bits per heavy atom. The standard InChI is InChI=1S/C9H13FN2O/c1-7(2)3-4-13-9-11-5-8(10)6-12-9/h5-7H,3-4H2,1-2H3. The van der Waals surface area contributed by atoms with E-state index in [0.717, 1.165) is 18.8 Å². The third-order valence-corrected chi connectivity index (χ3v) is 1.52. The van der Waals surface area contributed by atoms with Gasteiger partial charge in [-0.15, -0.1) is 0 Å². The van der Waals surface area contributed by atoms with Crippen LogP contribution in [0.1, 0.15) is 20.3 Å². The first kappa shape index (κ1) is 9.89. The number of hydrogen-bond donors (Lipinski definition) is 0. The Balaban J connectivity index is 2.33. The third kappa shape index (κ3) is 3.83. The van der Waals surface area contributed by atoms with E-state index in [2.05, 4.69) is 23.8 Å². The second kappa shape index (κ2) is 4.74. The zero-order valence-electron chi connectivity index (χ0n) is 7.83. The minimum Gasteiger partial charge on any atom is -0.463 e. The molecular formula is C9H13FN2O. The van der Waals surface area contributed by atoms with Crippen LogP contribution < -0.4 is 4.74 Å². The van der Waals surface area contributed by atoms with E-state index in [1.54, 1.807) is 0 Å². The molecule has 0 aliphatic rings. The van der Waals surface area contributed by atoms with Crippen LogP contribution in [0.15, 0.2) is 12.4 Å². The topological polar surface area (TPSA) is 35.0 Å². The van der Waals surface area contributed by atoms with Gasteiger partial charge in [0.2, 0.25) is 0 Å². The Labute approximate surface area is 77.0 Å². The fraction of sp³-hybridized carbons (Fsp3) is 0.556. The normalized spacial score (nSPS) is 10.5. The Morgan fingerprint density at radius 1 is 1.38 bits per heavy atom. The molecule has 0 amide bonds. The highest BCUT2D eigenvalue weighted by Crippen LogP contribution is 2.04. The first-order valence-corrected chi connectivity index (χ1v) is 4.29. The molecule has 0 unspecified atom stereocenters. The highest BCUT2D eigenvalue weighted by Gasteiger charge is 1.98. The summed E-state index contributed by atoms with van der Waals surface area (Å²) in [5, 5.41) is 0. The van der Waals surface area contributed by atoms with Gasteiger partial charge >= 0.3 is 6.01 Å². The first-order chi connectivity index (χ1) is 6.18. The summed E-state index contributed by atoms with van der Waals surface area (Å²) in [7, 11) is 0. The molecule has 0 aliphatic carbocycles. The molecule has 72 valence electrons. The average molecular weight is 184 g/mol. The van der Waals surface area contributed by atoms with Crippen LogP contribution in [0.3, 0.4) is 0 Å². The van der Waals surface area contributed by atoms with E-state index in [9.17, 15) is 4.39 Å². The molecule has 1 rings (SSSR count). The largest absolute Gasteiger partial charge is 0.463 e. The molecule has 13 heavy (non-hydrogen) atoms. The molecular weight excluding hydrogens is 171 g/mol. The van der Waals surface area contributed by atoms with Gasteiger partial charge in [-0.25, -0.2) is 14.4 Å². The van der Waals surface area contributed by atoms with Gasteiger partial charge in [-0.3, -0.25) is 0 Å². The number of halogens is 1. The Kier molecular flexibility index (Phi) is 3.61. The summed E-state index contributed by atoms with van der Waals surface area (Å²) in [5.74, 6) is 0.136. The Morgan fingerprint density at radius 3 is 2.54 bits per heavy atom. The van der Waals surface area contributed by atoms with Crippen LogP contribution in [0.4, 0.5) is 4.39 Å². The molecule has 0 saturated heterocycles. The lowest BCUT2D eigenvalue weighted by molar-refractivity contribution is 0.267. The van der Waals surface area contributed by atoms with E-state index in [1.807, 2.05) is 0 Å². The van der Waals surface area contributed by atoms with E-state index < -0.39 is 5.82 Å². The summed E-state index contributed by atoms with van der Waals surface area (Å²) in [6.45, 7) is 4.78. The summed E-state index contributed by atoms with van der Waals surface area (Å²) in [6.07, 6.45) is 3.14. The molecule has 0 N–H and O–H groups in total. The van der Waals surface area contributed by atoms with Gasteiger partial charge in [-0.2, -0.15) is 0 Å². The van der Waals surface area contributed by atoms with Crippen molar-refractivity contribution in [2.24, 2.45) is 5.92 Å². The molecule has 0 aromatic carbocycles. The molecule has 3 nitrogen and oxygen atoms in total. The van der Waals surface area contributed by atoms with Gasteiger partial charge < -0.3 is 4.74 Å². The molecule has 0 spiro atoms. The number of ether oxygens (including phenoxy) is 1. The molecule has 0 fully saturated rings. The first-order valence-electron chi connectivity index (χ1n) is 4.29. The molecule has 4 heteroatoms. The zero-order chi connectivity index (χ0) is 9.68. The molecule has 0 atom stereocenters. The second-order valence-corrected chi connectivity index (χ2v) is 3.21. The van der Waals surface area contributed by atoms with Crippen molar-refractivity contribution < 1.29 is 9.13 Å². The summed E-state index contributed by atoms with van der Waals surface area (Å²) in [4.78, 5) is 7.33. The van der Waals surface area contributed by atoms with Crippen LogP contribution >= 0.6 is 0 Å². The van der Waals surface area contributed by atoms with Crippen LogP contribution in [0, 0.1) is 11.7 Å². The van der Waals surface area contributed by atoms with E-state index >= 15 is 0 Å². The quantitative estimate of drug-likeness (QED) is 0.718. The Bertz CT molecular complexity index is 248. The third-order valence-electron chi connectivity index (χ3n) is 1.52. The van der Waals surface area contributed by atoms with Crippen molar-refractivity contribution in [3.63, 3.8) is 0 Å². The number of rotatable bonds is 4. The lowest BCUT2D eigenvalue weighted by Gasteiger charge is -2.05. The van der Waals surface area contributed by atoms with Gasteiger partial charge in [0.05, 0.1) is 19.0 Å². The number of aromatic nitrogens is 2. The summed E-state index contributed by atoms with van der Waals surface area (Å²) in [5.41, 5.74) is 0. The highest BCUT2D eigenvalue weighted by atomic mass is 19.1. The number of nitrogens with zero attached hydrogens (tertiary/aromatic N) is 2. The predicted molar refractivity (Wildman–Crippen MR) is 46.9 cm³/mol. The van der Waals surface area contributed by atoms with Crippen LogP contribution in [0.25, 0.3) is 0 Å². The van der Waals surface area contributed by atoms with Crippen molar-refractivity contribution in [2.75, 3.05) is 6.61 Å². The smallest absolute Gasteiger partial charge is 0.316 e. The summed E-state index contributed by atoms with van der Waals surface area (Å²) < 4.78 is 17.5. The van der Waals surface area contributed by atoms with E-state index in [0.29, 0.717) is 12.5 Å². The van der Waals surface area contributed by atoms with Crippen LogP contribution in [-0.4, -0.2) is 16.6 Å². The maximum atomic E-state index is 12.4. The van der Waals surface area contributed by atoms with Gasteiger partial charge in [0.15, 0.2) is 5.82 Å². The Hall–Kier alpha value is -1.19. The highest BCUT2D eigenvalue weighted by molar-refractivity contribution is 4.95. The lowest BCUT2D eigenvalue weighted by atomic mass is 10.1. The van der Waals surface area contributed by atoms with E-state index in [-0.39, 0.29) is 6.01 Å². The molecule has 1 heterocycles. The fourth-order valence-corrected chi connectivity index (χ4v) is 0.761. The average Bonchev–Trinajstić information content (AvgIpc) is 2.08. The minimum atomic E-state index is -0.448.